The van der Waals surface area contributed by atoms with Crippen LogP contribution in [-0.4, -0.2) is 11.1 Å². The predicted octanol–water partition coefficient (Wildman–Crippen LogP) is 5.39. The van der Waals surface area contributed by atoms with Crippen LogP contribution in [0.15, 0.2) is 60.7 Å². The average molecular weight is 488 g/mol. The van der Waals surface area contributed by atoms with Gasteiger partial charge in [-0.25, -0.2) is 8.78 Å². The molecule has 1 aliphatic carbocycles. The first kappa shape index (κ1) is 19.9. The topological polar surface area (TPSA) is 52.0 Å². The lowest BCUT2D eigenvalue weighted by atomic mass is 9.61. The summed E-state index contributed by atoms with van der Waals surface area (Å²) in [5.74, 6) is 0. The molecule has 6 heteroatoms. The lowest BCUT2D eigenvalue weighted by molar-refractivity contribution is -0.0211. The summed E-state index contributed by atoms with van der Waals surface area (Å²) >= 11 is 6.38. The molecule has 4 N–H and O–H groups in total. The second-order valence-corrected chi connectivity index (χ2v) is 9.22. The second-order valence-electron chi connectivity index (χ2n) is 7.03. The molecule has 0 heterocycles. The number of benzene rings is 2. The van der Waals surface area contributed by atoms with E-state index in [0.29, 0.717) is 24.0 Å². The molecule has 1 fully saturated rings. The molecule has 2 aromatic rings. The van der Waals surface area contributed by atoms with Crippen LogP contribution >= 0.6 is 31.9 Å². The van der Waals surface area contributed by atoms with Crippen LogP contribution in [-0.2, 0) is 9.16 Å². The number of alkyl halides is 4. The Morgan fingerprint density at radius 2 is 1.00 bits per heavy atom. The van der Waals surface area contributed by atoms with Crippen molar-refractivity contribution in [3.8, 4) is 0 Å². The number of rotatable bonds is 4. The van der Waals surface area contributed by atoms with Gasteiger partial charge in [-0.2, -0.15) is 0 Å². The summed E-state index contributed by atoms with van der Waals surface area (Å²) in [6.45, 7) is 0. The molecular weight excluding hydrogens is 466 g/mol. The van der Waals surface area contributed by atoms with Crippen LogP contribution in [0.1, 0.15) is 36.8 Å². The summed E-state index contributed by atoms with van der Waals surface area (Å²) in [4.78, 5) is 0. The monoisotopic (exact) mass is 486 g/mol. The third kappa shape index (κ3) is 2.86. The van der Waals surface area contributed by atoms with Crippen LogP contribution in [0.2, 0.25) is 0 Å². The third-order valence-corrected chi connectivity index (χ3v) is 7.91. The van der Waals surface area contributed by atoms with E-state index in [9.17, 15) is 0 Å². The van der Waals surface area contributed by atoms with Gasteiger partial charge in [0, 0.05) is 11.1 Å². The fourth-order valence-electron chi connectivity index (χ4n) is 3.94. The second kappa shape index (κ2) is 6.97. The van der Waals surface area contributed by atoms with Crippen LogP contribution in [0.4, 0.5) is 8.78 Å². The molecule has 1 aliphatic rings. The Morgan fingerprint density at radius 1 is 0.692 bits per heavy atom. The first-order chi connectivity index (χ1) is 12.2. The van der Waals surface area contributed by atoms with Crippen LogP contribution in [0, 0.1) is 0 Å². The SMILES string of the molecule is NC1(C(F)(Br)c2ccccc2)CCCCC1(N)C(F)(Br)c1ccccc1. The Hall–Kier alpha value is -0.820. The molecule has 4 unspecified atom stereocenters. The Bertz CT molecular complexity index is 689. The van der Waals surface area contributed by atoms with Gasteiger partial charge in [0.1, 0.15) is 0 Å². The van der Waals surface area contributed by atoms with Gasteiger partial charge < -0.3 is 11.5 Å². The van der Waals surface area contributed by atoms with Crippen molar-refractivity contribution >= 4 is 31.9 Å². The predicted molar refractivity (Wildman–Crippen MR) is 109 cm³/mol. The Labute approximate surface area is 169 Å². The van der Waals surface area contributed by atoms with Gasteiger partial charge >= 0.3 is 0 Å². The van der Waals surface area contributed by atoms with Crippen molar-refractivity contribution < 1.29 is 8.78 Å². The Kier molecular flexibility index (Phi) is 5.34. The molecule has 2 aromatic carbocycles. The third-order valence-electron chi connectivity index (χ3n) is 5.58. The number of nitrogens with two attached hydrogens (primary N) is 2. The fourth-order valence-corrected chi connectivity index (χ4v) is 5.57. The van der Waals surface area contributed by atoms with Crippen LogP contribution in [0.3, 0.4) is 0 Å². The van der Waals surface area contributed by atoms with Crippen molar-refractivity contribution in [3.05, 3.63) is 71.8 Å². The largest absolute Gasteiger partial charge is 0.320 e. The Balaban J connectivity index is 2.15. The first-order valence-electron chi connectivity index (χ1n) is 8.61. The van der Waals surface area contributed by atoms with Gasteiger partial charge in [-0.15, -0.1) is 0 Å². The Morgan fingerprint density at radius 3 is 1.31 bits per heavy atom. The summed E-state index contributed by atoms with van der Waals surface area (Å²) in [5.41, 5.74) is 10.6. The van der Waals surface area contributed by atoms with Gasteiger partial charge in [0.15, 0.2) is 0 Å². The van der Waals surface area contributed by atoms with Crippen molar-refractivity contribution in [2.45, 2.75) is 45.9 Å². The maximum Gasteiger partial charge on any atom is 0.209 e. The zero-order valence-corrected chi connectivity index (χ0v) is 17.4. The first-order valence-corrected chi connectivity index (χ1v) is 10.2. The van der Waals surface area contributed by atoms with E-state index in [-0.39, 0.29) is 12.8 Å². The molecule has 1 saturated carbocycles. The summed E-state index contributed by atoms with van der Waals surface area (Å²) in [6, 6.07) is 17.0. The van der Waals surface area contributed by atoms with Crippen molar-refractivity contribution in [1.82, 2.24) is 0 Å². The minimum absolute atomic E-state index is 0.254. The van der Waals surface area contributed by atoms with Crippen LogP contribution in [0.25, 0.3) is 0 Å². The highest BCUT2D eigenvalue weighted by molar-refractivity contribution is 9.10. The molecule has 0 spiro atoms. The van der Waals surface area contributed by atoms with Gasteiger partial charge in [0.25, 0.3) is 0 Å². The lowest BCUT2D eigenvalue weighted by Gasteiger charge is -2.57. The highest BCUT2D eigenvalue weighted by Gasteiger charge is 2.68. The highest BCUT2D eigenvalue weighted by atomic mass is 79.9. The summed E-state index contributed by atoms with van der Waals surface area (Å²) in [6.07, 6.45) is 1.86. The molecule has 2 nitrogen and oxygen atoms in total. The van der Waals surface area contributed by atoms with Gasteiger partial charge in [-0.3, -0.25) is 0 Å². The number of hydrogen-bond donors (Lipinski definition) is 2. The molecule has 140 valence electrons. The van der Waals surface area contributed by atoms with Crippen molar-refractivity contribution in [1.29, 1.82) is 0 Å². The molecule has 0 aliphatic heterocycles. The highest BCUT2D eigenvalue weighted by Crippen LogP contribution is 2.59. The lowest BCUT2D eigenvalue weighted by Crippen LogP contribution is -2.78. The van der Waals surface area contributed by atoms with Crippen molar-refractivity contribution in [2.24, 2.45) is 11.5 Å². The van der Waals surface area contributed by atoms with E-state index in [2.05, 4.69) is 31.9 Å². The molecule has 0 aromatic heterocycles. The van der Waals surface area contributed by atoms with E-state index < -0.39 is 20.2 Å². The van der Waals surface area contributed by atoms with E-state index in [4.69, 9.17) is 11.5 Å². The maximum absolute atomic E-state index is 16.2. The average Bonchev–Trinajstić information content (AvgIpc) is 2.65. The molecule has 26 heavy (non-hydrogen) atoms. The standard InChI is InChI=1S/C20H22Br2F2N2/c21-19(23,15-9-3-1-4-10-15)17(25)13-7-8-14-18(17,26)20(22,24)16-11-5-2-6-12-16/h1-6,9-12H,7-8,13-14,25-26H2. The van der Waals surface area contributed by atoms with Crippen molar-refractivity contribution in [2.75, 3.05) is 0 Å². The number of halogens is 4. The molecule has 0 radical (unpaired) electrons. The fraction of sp³-hybridized carbons (Fsp3) is 0.400. The summed E-state index contributed by atoms with van der Waals surface area (Å²) in [5, 5.41) is 0. The summed E-state index contributed by atoms with van der Waals surface area (Å²) < 4.78 is 27.9. The zero-order chi connectivity index (χ0) is 19.1. The van der Waals surface area contributed by atoms with Crippen molar-refractivity contribution in [3.63, 3.8) is 0 Å². The molecule has 4 atom stereocenters. The molecule has 0 saturated heterocycles. The van der Waals surface area contributed by atoms with E-state index in [1.807, 2.05) is 0 Å². The van der Waals surface area contributed by atoms with E-state index in [0.717, 1.165) is 0 Å². The minimum atomic E-state index is -2.18. The normalized spacial score (nSPS) is 31.0. The minimum Gasteiger partial charge on any atom is -0.320 e. The summed E-state index contributed by atoms with van der Waals surface area (Å²) in [7, 11) is 0. The maximum atomic E-state index is 16.2. The molecule has 0 bridgehead atoms. The van der Waals surface area contributed by atoms with E-state index in [1.165, 1.54) is 0 Å². The van der Waals surface area contributed by atoms with Gasteiger partial charge in [0.2, 0.25) is 9.16 Å². The smallest absolute Gasteiger partial charge is 0.209 e. The van der Waals surface area contributed by atoms with Gasteiger partial charge in [-0.1, -0.05) is 73.5 Å². The van der Waals surface area contributed by atoms with Crippen LogP contribution < -0.4 is 11.5 Å². The van der Waals surface area contributed by atoms with Crippen LogP contribution in [0.5, 0.6) is 0 Å². The van der Waals surface area contributed by atoms with Gasteiger partial charge in [-0.05, 0) is 44.7 Å². The van der Waals surface area contributed by atoms with E-state index >= 15 is 8.78 Å². The molecule has 3 rings (SSSR count). The zero-order valence-electron chi connectivity index (χ0n) is 14.3. The molecular formula is C20H22Br2F2N2. The quantitative estimate of drug-likeness (QED) is 0.568. The van der Waals surface area contributed by atoms with E-state index in [1.54, 1.807) is 60.7 Å². The number of hydrogen-bond acceptors (Lipinski definition) is 2. The van der Waals surface area contributed by atoms with Gasteiger partial charge in [0.05, 0.1) is 11.1 Å². The molecule has 0 amide bonds.